The number of rotatable bonds is 3. The normalized spacial score (nSPS) is 31.2. The van der Waals surface area contributed by atoms with Gasteiger partial charge in [-0.15, -0.1) is 0 Å². The van der Waals surface area contributed by atoms with Crippen molar-refractivity contribution in [3.63, 3.8) is 0 Å². The highest BCUT2D eigenvalue weighted by Crippen LogP contribution is 2.48. The van der Waals surface area contributed by atoms with Crippen molar-refractivity contribution in [2.24, 2.45) is 5.41 Å². The van der Waals surface area contributed by atoms with Gasteiger partial charge in [0.1, 0.15) is 5.82 Å². The van der Waals surface area contributed by atoms with Gasteiger partial charge < -0.3 is 15.3 Å². The predicted molar refractivity (Wildman–Crippen MR) is 96.0 cm³/mol. The third kappa shape index (κ3) is 3.47. The summed E-state index contributed by atoms with van der Waals surface area (Å²) in [6.07, 6.45) is 3.80. The van der Waals surface area contributed by atoms with Crippen molar-refractivity contribution in [3.05, 3.63) is 35.6 Å². The van der Waals surface area contributed by atoms with Crippen LogP contribution in [0.2, 0.25) is 0 Å². The first kappa shape index (κ1) is 18.8. The van der Waals surface area contributed by atoms with Crippen molar-refractivity contribution >= 4 is 11.8 Å². The highest BCUT2D eigenvalue weighted by Gasteiger charge is 2.54. The number of hydrogen-bond donors (Lipinski definition) is 2. The van der Waals surface area contributed by atoms with Crippen molar-refractivity contribution in [1.82, 2.24) is 10.2 Å². The topological polar surface area (TPSA) is 69.6 Å². The lowest BCUT2D eigenvalue weighted by Gasteiger charge is -2.37. The molecule has 5 nitrogen and oxygen atoms in total. The molecule has 2 N–H and O–H groups in total. The van der Waals surface area contributed by atoms with Gasteiger partial charge in [-0.2, -0.15) is 0 Å². The van der Waals surface area contributed by atoms with Gasteiger partial charge in [-0.05, 0) is 37.5 Å². The minimum Gasteiger partial charge on any atom is -0.392 e. The number of likely N-dealkylation sites (tertiary alicyclic amines) is 1. The molecule has 26 heavy (non-hydrogen) atoms. The number of carbonyl (C=O) groups excluding carboxylic acids is 2. The minimum atomic E-state index is -0.457. The number of amides is 2. The Hall–Kier alpha value is -1.95. The van der Waals surface area contributed by atoms with Crippen LogP contribution in [0.5, 0.6) is 0 Å². The Morgan fingerprint density at radius 1 is 1.35 bits per heavy atom. The molecule has 1 saturated heterocycles. The van der Waals surface area contributed by atoms with Crippen molar-refractivity contribution < 1.29 is 19.1 Å². The lowest BCUT2D eigenvalue weighted by molar-refractivity contribution is -0.133. The fraction of sp³-hybridized carbons (Fsp3) is 0.600. The summed E-state index contributed by atoms with van der Waals surface area (Å²) in [4.78, 5) is 26.5. The van der Waals surface area contributed by atoms with Crippen molar-refractivity contribution in [2.75, 3.05) is 6.54 Å². The van der Waals surface area contributed by atoms with E-state index in [4.69, 9.17) is 0 Å². The van der Waals surface area contributed by atoms with E-state index in [1.165, 1.54) is 18.2 Å². The predicted octanol–water partition coefficient (Wildman–Crippen LogP) is 2.49. The first-order valence-electron chi connectivity index (χ1n) is 9.33. The number of nitrogens with one attached hydrogen (secondary N) is 1. The highest BCUT2D eigenvalue weighted by atomic mass is 19.1. The highest BCUT2D eigenvalue weighted by molar-refractivity contribution is 5.94. The molecule has 4 atom stereocenters. The summed E-state index contributed by atoms with van der Waals surface area (Å²) in [5.41, 5.74) is -0.0889. The van der Waals surface area contributed by atoms with Gasteiger partial charge >= 0.3 is 0 Å². The second kappa shape index (κ2) is 7.35. The number of benzene rings is 1. The lowest BCUT2D eigenvalue weighted by atomic mass is 9.75. The van der Waals surface area contributed by atoms with Crippen LogP contribution in [0.4, 0.5) is 4.39 Å². The molecule has 1 aliphatic carbocycles. The van der Waals surface area contributed by atoms with E-state index in [9.17, 15) is 19.1 Å². The molecule has 2 fully saturated rings. The standard InChI is InChI=1S/C20H27FN2O3/c1-13(24)23-16(11-20(2)17(23)8-3-4-9-18(20)25)12-22-19(26)14-6-5-7-15(21)10-14/h5-7,10,16-18,25H,3-4,8-9,11-12H2,1-2H3,(H,22,26)/t16-,17-,18+,20-/m1/s1. The maximum absolute atomic E-state index is 13.3. The summed E-state index contributed by atoms with van der Waals surface area (Å²) in [7, 11) is 0. The van der Waals surface area contributed by atoms with Gasteiger partial charge in [-0.3, -0.25) is 9.59 Å². The monoisotopic (exact) mass is 362 g/mol. The molecule has 0 bridgehead atoms. The number of hydrogen-bond acceptors (Lipinski definition) is 3. The number of nitrogens with zero attached hydrogens (tertiary/aromatic N) is 1. The molecular weight excluding hydrogens is 335 g/mol. The Labute approximate surface area is 153 Å². The molecule has 142 valence electrons. The Balaban J connectivity index is 1.74. The van der Waals surface area contributed by atoms with E-state index in [-0.39, 0.29) is 34.9 Å². The summed E-state index contributed by atoms with van der Waals surface area (Å²) >= 11 is 0. The lowest BCUT2D eigenvalue weighted by Crippen LogP contribution is -2.48. The molecular formula is C20H27FN2O3. The van der Waals surface area contributed by atoms with Crippen molar-refractivity contribution in [1.29, 1.82) is 0 Å². The smallest absolute Gasteiger partial charge is 0.251 e. The van der Waals surface area contributed by atoms with E-state index >= 15 is 0 Å². The summed E-state index contributed by atoms with van der Waals surface area (Å²) in [6, 6.07) is 5.38. The van der Waals surface area contributed by atoms with Crippen LogP contribution in [0.1, 0.15) is 56.3 Å². The van der Waals surface area contributed by atoms with Gasteiger partial charge in [0.05, 0.1) is 12.1 Å². The Morgan fingerprint density at radius 2 is 2.08 bits per heavy atom. The van der Waals surface area contributed by atoms with Crippen LogP contribution in [0.15, 0.2) is 24.3 Å². The number of aliphatic hydroxyl groups is 1. The van der Waals surface area contributed by atoms with E-state index in [2.05, 4.69) is 12.2 Å². The van der Waals surface area contributed by atoms with Gasteiger partial charge in [0.25, 0.3) is 5.91 Å². The average Bonchev–Trinajstić information content (AvgIpc) is 2.81. The zero-order valence-corrected chi connectivity index (χ0v) is 15.4. The van der Waals surface area contributed by atoms with Crippen LogP contribution in [0.25, 0.3) is 0 Å². The van der Waals surface area contributed by atoms with Crippen LogP contribution >= 0.6 is 0 Å². The van der Waals surface area contributed by atoms with E-state index in [0.29, 0.717) is 13.0 Å². The molecule has 1 aliphatic heterocycles. The first-order valence-corrected chi connectivity index (χ1v) is 9.33. The second-order valence-electron chi connectivity index (χ2n) is 7.83. The number of carbonyl (C=O) groups is 2. The van der Waals surface area contributed by atoms with Crippen LogP contribution in [-0.2, 0) is 4.79 Å². The molecule has 0 unspecified atom stereocenters. The molecule has 2 amide bonds. The average molecular weight is 362 g/mol. The van der Waals surface area contributed by atoms with Crippen molar-refractivity contribution in [3.8, 4) is 0 Å². The van der Waals surface area contributed by atoms with Gasteiger partial charge in [-0.1, -0.05) is 25.8 Å². The fourth-order valence-corrected chi connectivity index (χ4v) is 4.74. The van der Waals surface area contributed by atoms with Gasteiger partial charge in [0, 0.05) is 30.5 Å². The van der Waals surface area contributed by atoms with E-state index in [1.807, 2.05) is 4.90 Å². The second-order valence-corrected chi connectivity index (χ2v) is 7.83. The Bertz CT molecular complexity index is 695. The SMILES string of the molecule is CC(=O)N1[C@@H](CNC(=O)c2cccc(F)c2)C[C@@]2(C)[C@@H](O)CCCC[C@@H]12. The molecule has 0 aromatic heterocycles. The first-order chi connectivity index (χ1) is 12.3. The minimum absolute atomic E-state index is 0.00595. The maximum Gasteiger partial charge on any atom is 0.251 e. The molecule has 0 spiro atoms. The van der Waals surface area contributed by atoms with E-state index in [0.717, 1.165) is 25.7 Å². The molecule has 2 aliphatic rings. The van der Waals surface area contributed by atoms with Gasteiger partial charge in [-0.25, -0.2) is 4.39 Å². The van der Waals surface area contributed by atoms with Crippen LogP contribution in [0, 0.1) is 11.2 Å². The molecule has 0 radical (unpaired) electrons. The fourth-order valence-electron chi connectivity index (χ4n) is 4.74. The zero-order valence-electron chi connectivity index (χ0n) is 15.4. The van der Waals surface area contributed by atoms with Crippen LogP contribution in [-0.4, -0.2) is 46.6 Å². The largest absolute Gasteiger partial charge is 0.392 e. The van der Waals surface area contributed by atoms with Crippen LogP contribution in [0.3, 0.4) is 0 Å². The summed E-state index contributed by atoms with van der Waals surface area (Å²) < 4.78 is 13.3. The molecule has 3 rings (SSSR count). The number of aliphatic hydroxyl groups excluding tert-OH is 1. The third-order valence-corrected chi connectivity index (χ3v) is 6.08. The number of halogens is 1. The molecule has 1 saturated carbocycles. The number of fused-ring (bicyclic) bond motifs is 1. The summed E-state index contributed by atoms with van der Waals surface area (Å²) in [6.45, 7) is 3.90. The third-order valence-electron chi connectivity index (χ3n) is 6.08. The molecule has 1 aromatic carbocycles. The zero-order chi connectivity index (χ0) is 18.9. The Morgan fingerprint density at radius 3 is 2.77 bits per heavy atom. The van der Waals surface area contributed by atoms with Gasteiger partial charge in [0.15, 0.2) is 0 Å². The Kier molecular flexibility index (Phi) is 5.32. The maximum atomic E-state index is 13.3. The molecule has 1 heterocycles. The van der Waals surface area contributed by atoms with E-state index in [1.54, 1.807) is 13.0 Å². The molecule has 6 heteroatoms. The molecule has 1 aromatic rings. The quantitative estimate of drug-likeness (QED) is 0.868. The van der Waals surface area contributed by atoms with Gasteiger partial charge in [0.2, 0.25) is 5.91 Å². The van der Waals surface area contributed by atoms with Crippen LogP contribution < -0.4 is 5.32 Å². The summed E-state index contributed by atoms with van der Waals surface area (Å²) in [5.74, 6) is -0.842. The van der Waals surface area contributed by atoms with Crippen molar-refractivity contribution in [2.45, 2.75) is 64.1 Å². The summed E-state index contributed by atoms with van der Waals surface area (Å²) in [5, 5.41) is 13.5. The van der Waals surface area contributed by atoms with E-state index < -0.39 is 11.9 Å².